The highest BCUT2D eigenvalue weighted by atomic mass is 15.3. The number of amidine groups is 1. The number of hydrogen-bond donors (Lipinski definition) is 2. The van der Waals surface area contributed by atoms with Crippen LogP contribution in [0, 0.1) is 5.41 Å². The summed E-state index contributed by atoms with van der Waals surface area (Å²) in [6.45, 7) is 3.56. The Morgan fingerprint density at radius 3 is 3.08 bits per heavy atom. The number of aliphatic imine (C=N–C) groups is 1. The molecule has 4 heteroatoms. The highest BCUT2D eigenvalue weighted by Gasteiger charge is 2.08. The minimum absolute atomic E-state index is 0.449. The Balaban J connectivity index is 2.82. The number of nitrogens with one attached hydrogen (secondary N) is 2. The molecule has 0 radical (unpaired) electrons. The van der Waals surface area contributed by atoms with Gasteiger partial charge in [0.2, 0.25) is 0 Å². The molecular formula is C8H12N4. The molecule has 0 saturated heterocycles. The van der Waals surface area contributed by atoms with Crippen molar-refractivity contribution in [1.29, 1.82) is 5.41 Å². The SMILES string of the molecule is C/C=N\C1=CNC=CN1C(C)=N. The fourth-order valence-electron chi connectivity index (χ4n) is 0.901. The summed E-state index contributed by atoms with van der Waals surface area (Å²) in [6, 6.07) is 0. The van der Waals surface area contributed by atoms with Crippen molar-refractivity contribution in [2.75, 3.05) is 0 Å². The zero-order valence-electron chi connectivity index (χ0n) is 7.20. The van der Waals surface area contributed by atoms with Crippen LogP contribution < -0.4 is 5.32 Å². The fraction of sp³-hybridized carbons (Fsp3) is 0.250. The predicted octanol–water partition coefficient (Wildman–Crippen LogP) is 1.25. The molecule has 0 spiro atoms. The molecule has 0 saturated carbocycles. The van der Waals surface area contributed by atoms with Crippen molar-refractivity contribution in [3.63, 3.8) is 0 Å². The van der Waals surface area contributed by atoms with Gasteiger partial charge in [0, 0.05) is 24.8 Å². The fourth-order valence-corrected chi connectivity index (χ4v) is 0.901. The van der Waals surface area contributed by atoms with Crippen molar-refractivity contribution in [3.05, 3.63) is 24.4 Å². The summed E-state index contributed by atoms with van der Waals surface area (Å²) in [6.07, 6.45) is 6.97. The second-order valence-electron chi connectivity index (χ2n) is 2.33. The number of rotatable bonds is 1. The van der Waals surface area contributed by atoms with Gasteiger partial charge in [0.05, 0.1) is 0 Å². The Morgan fingerprint density at radius 1 is 1.75 bits per heavy atom. The third-order valence-corrected chi connectivity index (χ3v) is 1.40. The van der Waals surface area contributed by atoms with Crippen molar-refractivity contribution in [1.82, 2.24) is 10.2 Å². The first-order valence-corrected chi connectivity index (χ1v) is 3.71. The summed E-state index contributed by atoms with van der Waals surface area (Å²) in [4.78, 5) is 5.78. The molecule has 2 N–H and O–H groups in total. The molecule has 0 fully saturated rings. The number of hydrogen-bond acceptors (Lipinski definition) is 3. The summed E-state index contributed by atoms with van der Waals surface area (Å²) in [5, 5.41) is 10.3. The van der Waals surface area contributed by atoms with E-state index in [0.29, 0.717) is 5.84 Å². The van der Waals surface area contributed by atoms with Crippen molar-refractivity contribution in [3.8, 4) is 0 Å². The third kappa shape index (κ3) is 1.72. The smallest absolute Gasteiger partial charge is 0.153 e. The molecule has 0 aromatic carbocycles. The minimum atomic E-state index is 0.449. The van der Waals surface area contributed by atoms with Crippen LogP contribution in [0.4, 0.5) is 0 Å². The van der Waals surface area contributed by atoms with Crippen molar-refractivity contribution in [2.45, 2.75) is 13.8 Å². The van der Waals surface area contributed by atoms with Gasteiger partial charge in [0.25, 0.3) is 0 Å². The highest BCUT2D eigenvalue weighted by molar-refractivity contribution is 5.79. The normalized spacial score (nSPS) is 16.2. The van der Waals surface area contributed by atoms with E-state index < -0.39 is 0 Å². The lowest BCUT2D eigenvalue weighted by Gasteiger charge is -2.21. The number of nitrogens with zero attached hydrogens (tertiary/aromatic N) is 2. The molecule has 1 aliphatic heterocycles. The van der Waals surface area contributed by atoms with Crippen LogP contribution in [0.5, 0.6) is 0 Å². The Kier molecular flexibility index (Phi) is 2.63. The molecule has 64 valence electrons. The van der Waals surface area contributed by atoms with E-state index in [1.54, 1.807) is 36.6 Å². The molecule has 1 heterocycles. The molecule has 0 aromatic heterocycles. The van der Waals surface area contributed by atoms with Gasteiger partial charge in [-0.1, -0.05) is 0 Å². The van der Waals surface area contributed by atoms with Gasteiger partial charge >= 0.3 is 0 Å². The Hall–Kier alpha value is -1.58. The average molecular weight is 164 g/mol. The first-order chi connectivity index (χ1) is 5.75. The Morgan fingerprint density at radius 2 is 2.50 bits per heavy atom. The largest absolute Gasteiger partial charge is 0.363 e. The van der Waals surface area contributed by atoms with E-state index in [2.05, 4.69) is 10.3 Å². The van der Waals surface area contributed by atoms with Crippen LogP contribution in [0.2, 0.25) is 0 Å². The van der Waals surface area contributed by atoms with Crippen LogP contribution in [0.25, 0.3) is 0 Å². The molecule has 12 heavy (non-hydrogen) atoms. The average Bonchev–Trinajstić information content (AvgIpc) is 2.05. The van der Waals surface area contributed by atoms with E-state index in [0.717, 1.165) is 5.82 Å². The van der Waals surface area contributed by atoms with Crippen LogP contribution in [0.15, 0.2) is 29.4 Å². The first-order valence-electron chi connectivity index (χ1n) is 3.71. The zero-order chi connectivity index (χ0) is 8.97. The Bertz CT molecular complexity index is 262. The van der Waals surface area contributed by atoms with E-state index in [9.17, 15) is 0 Å². The van der Waals surface area contributed by atoms with E-state index in [4.69, 9.17) is 5.41 Å². The summed E-state index contributed by atoms with van der Waals surface area (Å²) >= 11 is 0. The molecular weight excluding hydrogens is 152 g/mol. The Labute approximate surface area is 71.8 Å². The van der Waals surface area contributed by atoms with Crippen LogP contribution in [-0.4, -0.2) is 17.0 Å². The zero-order valence-corrected chi connectivity index (χ0v) is 7.20. The maximum absolute atomic E-state index is 7.43. The summed E-state index contributed by atoms with van der Waals surface area (Å²) in [7, 11) is 0. The van der Waals surface area contributed by atoms with Crippen LogP contribution in [0.3, 0.4) is 0 Å². The molecule has 0 atom stereocenters. The molecule has 0 unspecified atom stereocenters. The second-order valence-corrected chi connectivity index (χ2v) is 2.33. The van der Waals surface area contributed by atoms with Crippen molar-refractivity contribution >= 4 is 12.1 Å². The van der Waals surface area contributed by atoms with E-state index in [-0.39, 0.29) is 0 Å². The van der Waals surface area contributed by atoms with Gasteiger partial charge in [-0.15, -0.1) is 0 Å². The molecule has 0 bridgehead atoms. The van der Waals surface area contributed by atoms with Crippen molar-refractivity contribution in [2.24, 2.45) is 4.99 Å². The van der Waals surface area contributed by atoms with Crippen LogP contribution in [0.1, 0.15) is 13.8 Å². The molecule has 1 aliphatic rings. The standard InChI is InChI=1S/C8H12N4/c1-3-11-8-6-10-4-5-12(8)7(2)9/h3-6,9-10H,1-2H3/b9-7?,11-3-. The minimum Gasteiger partial charge on any atom is -0.363 e. The second kappa shape index (κ2) is 3.71. The lowest BCUT2D eigenvalue weighted by atomic mass is 10.4. The highest BCUT2D eigenvalue weighted by Crippen LogP contribution is 2.08. The quantitative estimate of drug-likeness (QED) is 0.452. The third-order valence-electron chi connectivity index (χ3n) is 1.40. The maximum Gasteiger partial charge on any atom is 0.153 e. The summed E-state index contributed by atoms with van der Waals surface area (Å²) in [5.41, 5.74) is 0. The van der Waals surface area contributed by atoms with Crippen LogP contribution in [-0.2, 0) is 0 Å². The van der Waals surface area contributed by atoms with E-state index >= 15 is 0 Å². The first kappa shape index (κ1) is 8.52. The van der Waals surface area contributed by atoms with Gasteiger partial charge in [-0.3, -0.25) is 10.3 Å². The van der Waals surface area contributed by atoms with Crippen molar-refractivity contribution < 1.29 is 0 Å². The lowest BCUT2D eigenvalue weighted by molar-refractivity contribution is 0.641. The summed E-state index contributed by atoms with van der Waals surface area (Å²) < 4.78 is 0. The van der Waals surface area contributed by atoms with Crippen LogP contribution >= 0.6 is 0 Å². The van der Waals surface area contributed by atoms with E-state index in [1.807, 2.05) is 6.92 Å². The van der Waals surface area contributed by atoms with Gasteiger partial charge < -0.3 is 5.32 Å². The molecule has 0 aromatic rings. The van der Waals surface area contributed by atoms with Gasteiger partial charge in [0.1, 0.15) is 5.84 Å². The maximum atomic E-state index is 7.43. The predicted molar refractivity (Wildman–Crippen MR) is 49.8 cm³/mol. The summed E-state index contributed by atoms with van der Waals surface area (Å²) in [5.74, 6) is 1.18. The molecule has 1 rings (SSSR count). The van der Waals surface area contributed by atoms with Gasteiger partial charge in [-0.25, -0.2) is 4.99 Å². The van der Waals surface area contributed by atoms with E-state index in [1.165, 1.54) is 0 Å². The molecule has 0 aliphatic carbocycles. The monoisotopic (exact) mass is 164 g/mol. The van der Waals surface area contributed by atoms with Gasteiger partial charge in [0.15, 0.2) is 5.82 Å². The van der Waals surface area contributed by atoms with Gasteiger partial charge in [-0.05, 0) is 13.8 Å². The van der Waals surface area contributed by atoms with Gasteiger partial charge in [-0.2, -0.15) is 0 Å². The topological polar surface area (TPSA) is 51.5 Å². The lowest BCUT2D eigenvalue weighted by Crippen LogP contribution is -2.25. The molecule has 0 amide bonds. The molecule has 4 nitrogen and oxygen atoms in total.